The first-order valence-corrected chi connectivity index (χ1v) is 4.44. The van der Waals surface area contributed by atoms with Gasteiger partial charge in [-0.2, -0.15) is 0 Å². The highest BCUT2D eigenvalue weighted by Gasteiger charge is 2.08. The van der Waals surface area contributed by atoms with Gasteiger partial charge in [0.1, 0.15) is 5.82 Å². The molecule has 0 unspecified atom stereocenters. The molecule has 0 saturated carbocycles. The molecule has 0 atom stereocenters. The van der Waals surface area contributed by atoms with Gasteiger partial charge in [-0.3, -0.25) is 4.79 Å². The number of aromatic nitrogens is 1. The van der Waals surface area contributed by atoms with Crippen molar-refractivity contribution in [2.24, 2.45) is 5.73 Å². The van der Waals surface area contributed by atoms with E-state index in [1.807, 2.05) is 13.0 Å². The average molecular weight is 203 g/mol. The summed E-state index contributed by atoms with van der Waals surface area (Å²) in [6, 6.07) is 1.61. The normalized spacial score (nSPS) is 11.1. The largest absolute Gasteiger partial charge is 0.383 e. The average Bonchev–Trinajstić information content (AvgIpc) is 2.21. The van der Waals surface area contributed by atoms with E-state index in [0.29, 0.717) is 0 Å². The summed E-state index contributed by atoms with van der Waals surface area (Å²) in [4.78, 5) is 14.9. The van der Waals surface area contributed by atoms with Crippen LogP contribution in [0.5, 0.6) is 0 Å². The van der Waals surface area contributed by atoms with Crippen molar-refractivity contribution in [3.63, 3.8) is 0 Å². The van der Waals surface area contributed by atoms with Gasteiger partial charge >= 0.3 is 0 Å². The summed E-state index contributed by atoms with van der Waals surface area (Å²) in [5.74, 6) is -0.438. The zero-order valence-electron chi connectivity index (χ0n) is 8.53. The molecule has 0 fully saturated rings. The topological polar surface area (TPSA) is 82.0 Å². The van der Waals surface area contributed by atoms with Crippen LogP contribution in [0.25, 0.3) is 5.57 Å². The molecular weight excluding hydrogens is 190 g/mol. The lowest BCUT2D eigenvalue weighted by atomic mass is 10.1. The van der Waals surface area contributed by atoms with Crippen LogP contribution in [0, 0.1) is 0 Å². The fraction of sp³-hybridized carbons (Fsp3) is 0.0909. The number of allylic oxidation sites excluding steroid dienone is 3. The van der Waals surface area contributed by atoms with Gasteiger partial charge in [0.05, 0.1) is 5.56 Å². The van der Waals surface area contributed by atoms with Gasteiger partial charge in [0.25, 0.3) is 5.91 Å². The fourth-order valence-electron chi connectivity index (χ4n) is 1.23. The molecule has 0 spiro atoms. The van der Waals surface area contributed by atoms with Crippen LogP contribution < -0.4 is 11.5 Å². The number of nitrogens with two attached hydrogens (primary N) is 2. The van der Waals surface area contributed by atoms with Gasteiger partial charge in [0.2, 0.25) is 0 Å². The molecule has 0 aliphatic carbocycles. The Balaban J connectivity index is 3.30. The highest BCUT2D eigenvalue weighted by Crippen LogP contribution is 2.18. The molecule has 78 valence electrons. The zero-order chi connectivity index (χ0) is 11.4. The van der Waals surface area contributed by atoms with E-state index < -0.39 is 5.91 Å². The highest BCUT2D eigenvalue weighted by atomic mass is 16.1. The molecule has 0 bridgehead atoms. The van der Waals surface area contributed by atoms with E-state index in [0.717, 1.165) is 11.1 Å². The zero-order valence-corrected chi connectivity index (χ0v) is 8.53. The van der Waals surface area contributed by atoms with Gasteiger partial charge in [0, 0.05) is 11.8 Å². The van der Waals surface area contributed by atoms with Crippen LogP contribution in [-0.4, -0.2) is 10.9 Å². The lowest BCUT2D eigenvalue weighted by Gasteiger charge is -2.05. The van der Waals surface area contributed by atoms with E-state index >= 15 is 0 Å². The van der Waals surface area contributed by atoms with Gasteiger partial charge in [-0.15, -0.1) is 0 Å². The third-order valence-electron chi connectivity index (χ3n) is 2.05. The first-order valence-electron chi connectivity index (χ1n) is 4.44. The first-order chi connectivity index (χ1) is 7.10. The molecule has 0 aromatic carbocycles. The summed E-state index contributed by atoms with van der Waals surface area (Å²) in [6.45, 7) is 5.53. The van der Waals surface area contributed by atoms with Crippen LogP contribution in [-0.2, 0) is 0 Å². The molecule has 0 aliphatic rings. The third-order valence-corrected chi connectivity index (χ3v) is 2.05. The molecule has 4 nitrogen and oxygen atoms in total. The fourth-order valence-corrected chi connectivity index (χ4v) is 1.23. The Morgan fingerprint density at radius 2 is 2.27 bits per heavy atom. The van der Waals surface area contributed by atoms with Crippen LogP contribution in [0.2, 0.25) is 0 Å². The van der Waals surface area contributed by atoms with E-state index in [4.69, 9.17) is 11.5 Å². The Bertz CT molecular complexity index is 435. The molecule has 0 saturated heterocycles. The molecule has 0 radical (unpaired) electrons. The van der Waals surface area contributed by atoms with Crippen LogP contribution in [0.15, 0.2) is 31.0 Å². The number of primary amides is 1. The van der Waals surface area contributed by atoms with Crippen molar-refractivity contribution in [1.82, 2.24) is 4.98 Å². The minimum atomic E-state index is -0.582. The maximum absolute atomic E-state index is 11.0. The van der Waals surface area contributed by atoms with Crippen molar-refractivity contribution in [3.05, 3.63) is 42.1 Å². The van der Waals surface area contributed by atoms with E-state index in [2.05, 4.69) is 11.6 Å². The molecule has 1 heterocycles. The van der Waals surface area contributed by atoms with Gasteiger partial charge < -0.3 is 11.5 Å². The molecule has 0 aliphatic heterocycles. The quantitative estimate of drug-likeness (QED) is 0.727. The maximum Gasteiger partial charge on any atom is 0.252 e. The smallest absolute Gasteiger partial charge is 0.252 e. The summed E-state index contributed by atoms with van der Waals surface area (Å²) in [5, 5.41) is 0. The molecule has 1 aromatic heterocycles. The molecule has 15 heavy (non-hydrogen) atoms. The SMILES string of the molecule is C=C/C(=C\C)c1cnc(N)c(C(N)=O)c1. The summed E-state index contributed by atoms with van der Waals surface area (Å²) >= 11 is 0. The van der Waals surface area contributed by atoms with Gasteiger partial charge in [-0.25, -0.2) is 4.98 Å². The number of rotatable bonds is 3. The van der Waals surface area contributed by atoms with Crippen LogP contribution >= 0.6 is 0 Å². The predicted molar refractivity (Wildman–Crippen MR) is 61.0 cm³/mol. The minimum absolute atomic E-state index is 0.144. The molecular formula is C11H13N3O. The van der Waals surface area contributed by atoms with Gasteiger partial charge in [-0.05, 0) is 18.6 Å². The Labute approximate surface area is 88.3 Å². The minimum Gasteiger partial charge on any atom is -0.383 e. The van der Waals surface area contributed by atoms with E-state index in [9.17, 15) is 4.79 Å². The van der Waals surface area contributed by atoms with Crippen molar-refractivity contribution < 1.29 is 4.79 Å². The monoisotopic (exact) mass is 203 g/mol. The van der Waals surface area contributed by atoms with E-state index in [1.165, 1.54) is 0 Å². The van der Waals surface area contributed by atoms with E-state index in [1.54, 1.807) is 18.3 Å². The predicted octanol–water partition coefficient (Wildman–Crippen LogP) is 1.35. The summed E-state index contributed by atoms with van der Waals surface area (Å²) in [6.07, 6.45) is 5.13. The lowest BCUT2D eigenvalue weighted by molar-refractivity contribution is 0.100. The van der Waals surface area contributed by atoms with Crippen molar-refractivity contribution >= 4 is 17.3 Å². The van der Waals surface area contributed by atoms with E-state index in [-0.39, 0.29) is 11.4 Å². The second kappa shape index (κ2) is 4.41. The van der Waals surface area contributed by atoms with Crippen LogP contribution in [0.3, 0.4) is 0 Å². The van der Waals surface area contributed by atoms with Crippen molar-refractivity contribution in [2.75, 3.05) is 5.73 Å². The van der Waals surface area contributed by atoms with Gasteiger partial charge in [0.15, 0.2) is 0 Å². The van der Waals surface area contributed by atoms with Crippen molar-refractivity contribution in [2.45, 2.75) is 6.92 Å². The highest BCUT2D eigenvalue weighted by molar-refractivity contribution is 5.98. The molecule has 1 aromatic rings. The number of carbonyl (C=O) groups excluding carboxylic acids is 1. The van der Waals surface area contributed by atoms with Crippen LogP contribution in [0.4, 0.5) is 5.82 Å². The number of pyridine rings is 1. The maximum atomic E-state index is 11.0. The number of nitrogen functional groups attached to an aromatic ring is 1. The number of nitrogens with zero attached hydrogens (tertiary/aromatic N) is 1. The second-order valence-corrected chi connectivity index (χ2v) is 2.97. The number of amides is 1. The Morgan fingerprint density at radius 1 is 1.60 bits per heavy atom. The number of carbonyl (C=O) groups is 1. The lowest BCUT2D eigenvalue weighted by Crippen LogP contribution is -2.14. The summed E-state index contributed by atoms with van der Waals surface area (Å²) in [7, 11) is 0. The van der Waals surface area contributed by atoms with Gasteiger partial charge in [-0.1, -0.05) is 18.7 Å². The van der Waals surface area contributed by atoms with Crippen molar-refractivity contribution in [1.29, 1.82) is 0 Å². The Kier molecular flexibility index (Phi) is 3.23. The first kappa shape index (κ1) is 11.0. The molecule has 4 heteroatoms. The summed E-state index contributed by atoms with van der Waals surface area (Å²) in [5.41, 5.74) is 12.6. The third kappa shape index (κ3) is 2.22. The van der Waals surface area contributed by atoms with Crippen molar-refractivity contribution in [3.8, 4) is 0 Å². The number of anilines is 1. The summed E-state index contributed by atoms with van der Waals surface area (Å²) < 4.78 is 0. The molecule has 1 rings (SSSR count). The Hall–Kier alpha value is -2.10. The molecule has 4 N–H and O–H groups in total. The number of hydrogen-bond donors (Lipinski definition) is 2. The van der Waals surface area contributed by atoms with Crippen LogP contribution in [0.1, 0.15) is 22.8 Å². The standard InChI is InChI=1S/C11H13N3O/c1-3-7(4-2)8-5-9(11(13)15)10(12)14-6-8/h3-6H,1H2,2H3,(H2,12,14)(H2,13,15)/b7-4+. The Morgan fingerprint density at radius 3 is 2.73 bits per heavy atom. The second-order valence-electron chi connectivity index (χ2n) is 2.97. The molecule has 1 amide bonds. The number of hydrogen-bond acceptors (Lipinski definition) is 3.